The van der Waals surface area contributed by atoms with E-state index in [0.717, 1.165) is 19.3 Å². The largest absolute Gasteiger partial charge is 0.466 e. The standard InChI is InChI=1S/C23H37NO3/c1-4-6-7-8-9-10-11-15-18-22(19-23(25)27-5-2)24(26-3)20-21-16-13-12-14-17-21/h4,12-14,16-17,22H,1,5-11,15,18-20H2,2-3H3. The molecule has 27 heavy (non-hydrogen) atoms. The van der Waals surface area contributed by atoms with E-state index in [0.29, 0.717) is 19.6 Å². The van der Waals surface area contributed by atoms with Crippen LogP contribution < -0.4 is 0 Å². The molecule has 1 aromatic rings. The Kier molecular flexibility index (Phi) is 13.4. The third kappa shape index (κ3) is 10.9. The van der Waals surface area contributed by atoms with Gasteiger partial charge in [-0.3, -0.25) is 4.79 Å². The van der Waals surface area contributed by atoms with Gasteiger partial charge in [-0.1, -0.05) is 68.5 Å². The number of carbonyl (C=O) groups excluding carboxylic acids is 1. The van der Waals surface area contributed by atoms with Crippen LogP contribution in [-0.4, -0.2) is 30.8 Å². The maximum Gasteiger partial charge on any atom is 0.307 e. The zero-order valence-corrected chi connectivity index (χ0v) is 17.2. The lowest BCUT2D eigenvalue weighted by molar-refractivity contribution is -0.180. The Labute approximate surface area is 165 Å². The lowest BCUT2D eigenvalue weighted by Crippen LogP contribution is -2.36. The average molecular weight is 376 g/mol. The van der Waals surface area contributed by atoms with E-state index in [-0.39, 0.29) is 12.0 Å². The van der Waals surface area contributed by atoms with Gasteiger partial charge in [0.25, 0.3) is 0 Å². The predicted octanol–water partition coefficient (Wildman–Crippen LogP) is 5.68. The molecule has 1 unspecified atom stereocenters. The molecule has 0 fully saturated rings. The molecule has 0 N–H and O–H groups in total. The van der Waals surface area contributed by atoms with Gasteiger partial charge in [0.2, 0.25) is 0 Å². The molecular formula is C23H37NO3. The number of hydrogen-bond donors (Lipinski definition) is 0. The van der Waals surface area contributed by atoms with Crippen molar-refractivity contribution in [2.75, 3.05) is 13.7 Å². The molecule has 1 atom stereocenters. The first-order valence-electron chi connectivity index (χ1n) is 10.3. The van der Waals surface area contributed by atoms with Crippen molar-refractivity contribution in [2.45, 2.75) is 77.3 Å². The molecule has 0 bridgehead atoms. The van der Waals surface area contributed by atoms with Crippen LogP contribution >= 0.6 is 0 Å². The van der Waals surface area contributed by atoms with Gasteiger partial charge in [-0.05, 0) is 31.7 Å². The van der Waals surface area contributed by atoms with Gasteiger partial charge in [0, 0.05) is 12.6 Å². The SMILES string of the molecule is C=CCCCCCCCCC(CC(=O)OCC)N(Cc1ccccc1)OC. The second kappa shape index (κ2) is 15.4. The van der Waals surface area contributed by atoms with E-state index in [1.807, 2.05) is 36.3 Å². The van der Waals surface area contributed by atoms with E-state index in [1.54, 1.807) is 7.11 Å². The summed E-state index contributed by atoms with van der Waals surface area (Å²) in [5.74, 6) is -0.151. The van der Waals surface area contributed by atoms with Gasteiger partial charge in [0.15, 0.2) is 0 Å². The Morgan fingerprint density at radius 2 is 1.78 bits per heavy atom. The monoisotopic (exact) mass is 375 g/mol. The zero-order chi connectivity index (χ0) is 19.7. The van der Waals surface area contributed by atoms with Crippen molar-refractivity contribution in [2.24, 2.45) is 0 Å². The van der Waals surface area contributed by atoms with Crippen molar-refractivity contribution in [1.29, 1.82) is 0 Å². The van der Waals surface area contributed by atoms with Gasteiger partial charge in [-0.2, -0.15) is 5.06 Å². The molecule has 0 amide bonds. The van der Waals surface area contributed by atoms with Gasteiger partial charge in [0.1, 0.15) is 0 Å². The third-order valence-corrected chi connectivity index (χ3v) is 4.73. The summed E-state index contributed by atoms with van der Waals surface area (Å²) >= 11 is 0. The number of allylic oxidation sites excluding steroid dienone is 1. The number of carbonyl (C=O) groups is 1. The molecule has 0 spiro atoms. The number of unbranched alkanes of at least 4 members (excludes halogenated alkanes) is 6. The maximum atomic E-state index is 12.0. The average Bonchev–Trinajstić information content (AvgIpc) is 2.68. The van der Waals surface area contributed by atoms with Crippen molar-refractivity contribution < 1.29 is 14.4 Å². The quantitative estimate of drug-likeness (QED) is 0.161. The lowest BCUT2D eigenvalue weighted by atomic mass is 10.0. The van der Waals surface area contributed by atoms with E-state index in [1.165, 1.54) is 37.7 Å². The number of hydroxylamine groups is 2. The van der Waals surface area contributed by atoms with Crippen molar-refractivity contribution in [3.8, 4) is 0 Å². The van der Waals surface area contributed by atoms with Crippen LogP contribution in [0.5, 0.6) is 0 Å². The predicted molar refractivity (Wildman–Crippen MR) is 111 cm³/mol. The number of benzene rings is 1. The highest BCUT2D eigenvalue weighted by Crippen LogP contribution is 2.19. The summed E-state index contributed by atoms with van der Waals surface area (Å²) in [6.45, 7) is 6.70. The fourth-order valence-corrected chi connectivity index (χ4v) is 3.24. The fourth-order valence-electron chi connectivity index (χ4n) is 3.24. The zero-order valence-electron chi connectivity index (χ0n) is 17.2. The highest BCUT2D eigenvalue weighted by molar-refractivity contribution is 5.70. The summed E-state index contributed by atoms with van der Waals surface area (Å²) < 4.78 is 5.17. The molecule has 4 nitrogen and oxygen atoms in total. The summed E-state index contributed by atoms with van der Waals surface area (Å²) in [5, 5.41) is 1.93. The minimum atomic E-state index is -0.151. The Balaban J connectivity index is 2.49. The van der Waals surface area contributed by atoms with Gasteiger partial charge in [0.05, 0.1) is 20.1 Å². The summed E-state index contributed by atoms with van der Waals surface area (Å²) in [7, 11) is 1.68. The van der Waals surface area contributed by atoms with Gasteiger partial charge >= 0.3 is 5.97 Å². The Hall–Kier alpha value is -1.65. The second-order valence-electron chi connectivity index (χ2n) is 6.89. The van der Waals surface area contributed by atoms with E-state index in [9.17, 15) is 4.79 Å². The minimum absolute atomic E-state index is 0.0371. The fraction of sp³-hybridized carbons (Fsp3) is 0.609. The Bertz CT molecular complexity index is 504. The van der Waals surface area contributed by atoms with E-state index in [2.05, 4.69) is 18.7 Å². The van der Waals surface area contributed by atoms with Crippen molar-refractivity contribution in [1.82, 2.24) is 5.06 Å². The van der Waals surface area contributed by atoms with Crippen LogP contribution in [-0.2, 0) is 20.9 Å². The Morgan fingerprint density at radius 1 is 1.11 bits per heavy atom. The first-order chi connectivity index (χ1) is 13.2. The molecule has 152 valence electrons. The molecule has 0 saturated heterocycles. The normalized spacial score (nSPS) is 12.1. The molecule has 0 aliphatic rings. The number of hydrogen-bond acceptors (Lipinski definition) is 4. The van der Waals surface area contributed by atoms with Gasteiger partial charge in [-0.15, -0.1) is 6.58 Å². The maximum absolute atomic E-state index is 12.0. The molecule has 0 saturated carbocycles. The van der Waals surface area contributed by atoms with Crippen LogP contribution in [0.1, 0.15) is 70.3 Å². The van der Waals surface area contributed by atoms with Crippen LogP contribution in [0.3, 0.4) is 0 Å². The molecule has 0 heterocycles. The summed E-state index contributed by atoms with van der Waals surface area (Å²) in [4.78, 5) is 17.7. The van der Waals surface area contributed by atoms with Crippen LogP contribution in [0.25, 0.3) is 0 Å². The molecule has 0 aromatic heterocycles. The van der Waals surface area contributed by atoms with Crippen LogP contribution in [0, 0.1) is 0 Å². The third-order valence-electron chi connectivity index (χ3n) is 4.73. The molecular weight excluding hydrogens is 338 g/mol. The van der Waals surface area contributed by atoms with E-state index in [4.69, 9.17) is 9.57 Å². The van der Waals surface area contributed by atoms with Crippen molar-refractivity contribution >= 4 is 5.97 Å². The molecule has 0 radical (unpaired) electrons. The molecule has 1 aromatic carbocycles. The lowest BCUT2D eigenvalue weighted by Gasteiger charge is -2.29. The number of esters is 1. The highest BCUT2D eigenvalue weighted by Gasteiger charge is 2.22. The molecule has 0 aliphatic carbocycles. The van der Waals surface area contributed by atoms with Gasteiger partial charge < -0.3 is 9.57 Å². The second-order valence-corrected chi connectivity index (χ2v) is 6.89. The molecule has 4 heteroatoms. The molecule has 1 rings (SSSR count). The summed E-state index contributed by atoms with van der Waals surface area (Å²) in [6.07, 6.45) is 11.7. The topological polar surface area (TPSA) is 38.8 Å². The summed E-state index contributed by atoms with van der Waals surface area (Å²) in [5.41, 5.74) is 1.18. The van der Waals surface area contributed by atoms with Crippen molar-refractivity contribution in [3.63, 3.8) is 0 Å². The highest BCUT2D eigenvalue weighted by atomic mass is 16.7. The number of nitrogens with zero attached hydrogens (tertiary/aromatic N) is 1. The van der Waals surface area contributed by atoms with Crippen LogP contribution in [0.4, 0.5) is 0 Å². The van der Waals surface area contributed by atoms with Crippen LogP contribution in [0.15, 0.2) is 43.0 Å². The van der Waals surface area contributed by atoms with Crippen molar-refractivity contribution in [3.05, 3.63) is 48.6 Å². The molecule has 0 aliphatic heterocycles. The van der Waals surface area contributed by atoms with Gasteiger partial charge in [-0.25, -0.2) is 0 Å². The minimum Gasteiger partial charge on any atom is -0.466 e. The summed E-state index contributed by atoms with van der Waals surface area (Å²) in [6, 6.07) is 10.3. The smallest absolute Gasteiger partial charge is 0.307 e. The first kappa shape index (κ1) is 23.4. The number of rotatable bonds is 16. The number of ether oxygens (including phenoxy) is 1. The Morgan fingerprint density at radius 3 is 2.41 bits per heavy atom. The first-order valence-corrected chi connectivity index (χ1v) is 10.3. The van der Waals surface area contributed by atoms with Crippen LogP contribution in [0.2, 0.25) is 0 Å². The van der Waals surface area contributed by atoms with E-state index < -0.39 is 0 Å². The van der Waals surface area contributed by atoms with E-state index >= 15 is 0 Å².